The number of thioether (sulfide) groups is 1. The molecule has 0 saturated heterocycles. The quantitative estimate of drug-likeness (QED) is 0.346. The summed E-state index contributed by atoms with van der Waals surface area (Å²) >= 11 is 1.43. The fourth-order valence-corrected chi connectivity index (χ4v) is 5.69. The minimum Gasteiger partial charge on any atom is -0.496 e. The second-order valence-electron chi connectivity index (χ2n) is 9.29. The maximum atomic E-state index is 13.6. The Kier molecular flexibility index (Phi) is 8.61. The molecule has 0 bridgehead atoms. The Labute approximate surface area is 237 Å². The molecule has 0 radical (unpaired) electrons. The molecule has 5 rings (SSSR count). The van der Waals surface area contributed by atoms with Crippen molar-refractivity contribution >= 4 is 28.8 Å². The average molecular weight is 555 g/mol. The molecule has 3 heterocycles. The van der Waals surface area contributed by atoms with Crippen LogP contribution in [0.25, 0.3) is 0 Å². The van der Waals surface area contributed by atoms with Crippen LogP contribution in [0.1, 0.15) is 36.2 Å². The van der Waals surface area contributed by atoms with E-state index in [9.17, 15) is 9.59 Å². The van der Waals surface area contributed by atoms with Crippen LogP contribution < -0.4 is 10.1 Å². The van der Waals surface area contributed by atoms with Crippen molar-refractivity contribution in [2.45, 2.75) is 32.4 Å². The van der Waals surface area contributed by atoms with Crippen molar-refractivity contribution in [1.29, 1.82) is 0 Å². The molecule has 9 heteroatoms. The van der Waals surface area contributed by atoms with Crippen molar-refractivity contribution in [3.05, 3.63) is 118 Å². The van der Waals surface area contributed by atoms with Gasteiger partial charge in [0.2, 0.25) is 5.91 Å². The van der Waals surface area contributed by atoms with Crippen LogP contribution in [0.4, 0.5) is 0 Å². The number of aromatic nitrogens is 1. The highest BCUT2D eigenvalue weighted by atomic mass is 32.2. The number of rotatable bonds is 10. The van der Waals surface area contributed by atoms with Gasteiger partial charge < -0.3 is 19.7 Å². The van der Waals surface area contributed by atoms with E-state index in [0.717, 1.165) is 22.5 Å². The fourth-order valence-electron chi connectivity index (χ4n) is 4.72. The zero-order valence-corrected chi connectivity index (χ0v) is 23.2. The SMILES string of the molecule is COc1ccccc1[C@@H]1C(C(=O)OCc2ccccc2)=C(C)N=C2SC=C(CC(=O)NCCc3ccccn3)N21. The number of benzene rings is 2. The lowest BCUT2D eigenvalue weighted by molar-refractivity contribution is -0.141. The first-order chi connectivity index (χ1) is 19.5. The summed E-state index contributed by atoms with van der Waals surface area (Å²) in [6.45, 7) is 2.43. The predicted octanol–water partition coefficient (Wildman–Crippen LogP) is 5.16. The van der Waals surface area contributed by atoms with E-state index >= 15 is 0 Å². The van der Waals surface area contributed by atoms with Crippen molar-refractivity contribution < 1.29 is 19.1 Å². The number of amides is 1. The molecular weight excluding hydrogens is 524 g/mol. The van der Waals surface area contributed by atoms with Crippen molar-refractivity contribution in [3.63, 3.8) is 0 Å². The molecule has 2 aromatic carbocycles. The highest BCUT2D eigenvalue weighted by molar-refractivity contribution is 8.16. The van der Waals surface area contributed by atoms with E-state index in [2.05, 4.69) is 10.3 Å². The Morgan fingerprint density at radius 1 is 1.02 bits per heavy atom. The van der Waals surface area contributed by atoms with E-state index in [1.54, 1.807) is 13.3 Å². The smallest absolute Gasteiger partial charge is 0.338 e. The molecule has 0 aliphatic carbocycles. The lowest BCUT2D eigenvalue weighted by Gasteiger charge is -2.36. The van der Waals surface area contributed by atoms with Gasteiger partial charge in [-0.25, -0.2) is 9.79 Å². The topological polar surface area (TPSA) is 93.1 Å². The van der Waals surface area contributed by atoms with Gasteiger partial charge in [-0.1, -0.05) is 66.4 Å². The number of nitrogens with zero attached hydrogens (tertiary/aromatic N) is 3. The van der Waals surface area contributed by atoms with Gasteiger partial charge in [-0.2, -0.15) is 0 Å². The number of methoxy groups -OCH3 is 1. The molecule has 1 aromatic heterocycles. The van der Waals surface area contributed by atoms with Crippen LogP contribution in [0, 0.1) is 0 Å². The first-order valence-corrected chi connectivity index (χ1v) is 13.9. The fraction of sp³-hybridized carbons (Fsp3) is 0.226. The molecule has 2 aliphatic heterocycles. The number of esters is 1. The molecule has 0 fully saturated rings. The molecule has 204 valence electrons. The van der Waals surface area contributed by atoms with Crippen molar-refractivity contribution in [2.24, 2.45) is 4.99 Å². The van der Waals surface area contributed by atoms with E-state index in [0.29, 0.717) is 35.2 Å². The summed E-state index contributed by atoms with van der Waals surface area (Å²) in [7, 11) is 1.60. The number of nitrogens with one attached hydrogen (secondary N) is 1. The Morgan fingerprint density at radius 3 is 2.58 bits per heavy atom. The highest BCUT2D eigenvalue weighted by Crippen LogP contribution is 2.46. The lowest BCUT2D eigenvalue weighted by atomic mass is 9.93. The van der Waals surface area contributed by atoms with E-state index in [1.165, 1.54) is 11.8 Å². The normalized spacial score (nSPS) is 16.1. The molecular formula is C31H30N4O4S. The van der Waals surface area contributed by atoms with Gasteiger partial charge >= 0.3 is 5.97 Å². The zero-order valence-electron chi connectivity index (χ0n) is 22.4. The van der Waals surface area contributed by atoms with Crippen LogP contribution >= 0.6 is 11.8 Å². The standard InChI is InChI=1S/C31H30N4O4S/c1-21-28(30(37)39-19-22-10-4-3-5-11-22)29(25-13-6-7-14-26(25)38-2)35-24(20-40-31(35)34-21)18-27(36)33-17-15-23-12-8-9-16-32-23/h3-14,16,20,29H,15,17-19H2,1-2H3,(H,33,36)/t29-/m1/s1. The largest absolute Gasteiger partial charge is 0.496 e. The summed E-state index contributed by atoms with van der Waals surface area (Å²) in [5, 5.41) is 5.61. The molecule has 8 nitrogen and oxygen atoms in total. The second-order valence-corrected chi connectivity index (χ2v) is 10.1. The summed E-state index contributed by atoms with van der Waals surface area (Å²) in [6.07, 6.45) is 2.51. The number of ether oxygens (including phenoxy) is 2. The van der Waals surface area contributed by atoms with E-state index in [-0.39, 0.29) is 18.9 Å². The summed E-state index contributed by atoms with van der Waals surface area (Å²) in [5.74, 6) is 0.0457. The number of hydrogen-bond donors (Lipinski definition) is 1. The molecule has 1 amide bonds. The van der Waals surface area contributed by atoms with Crippen LogP contribution in [0.5, 0.6) is 5.75 Å². The van der Waals surface area contributed by atoms with Crippen LogP contribution in [0.3, 0.4) is 0 Å². The van der Waals surface area contributed by atoms with Crippen LogP contribution in [0.2, 0.25) is 0 Å². The third-order valence-electron chi connectivity index (χ3n) is 6.64. The molecule has 3 aromatic rings. The third kappa shape index (κ3) is 6.10. The predicted molar refractivity (Wildman–Crippen MR) is 155 cm³/mol. The number of allylic oxidation sites excluding steroid dienone is 1. The van der Waals surface area contributed by atoms with Gasteiger partial charge in [0.05, 0.1) is 30.8 Å². The minimum absolute atomic E-state index is 0.123. The highest BCUT2D eigenvalue weighted by Gasteiger charge is 2.42. The molecule has 1 atom stereocenters. The maximum Gasteiger partial charge on any atom is 0.338 e. The van der Waals surface area contributed by atoms with Crippen molar-refractivity contribution in [2.75, 3.05) is 13.7 Å². The maximum absolute atomic E-state index is 13.6. The Balaban J connectivity index is 1.39. The molecule has 0 unspecified atom stereocenters. The molecule has 2 aliphatic rings. The second kappa shape index (κ2) is 12.7. The summed E-state index contributed by atoms with van der Waals surface area (Å²) in [4.78, 5) is 37.6. The Bertz CT molecular complexity index is 1470. The van der Waals surface area contributed by atoms with Gasteiger partial charge in [0.15, 0.2) is 5.17 Å². The molecule has 0 spiro atoms. The summed E-state index contributed by atoms with van der Waals surface area (Å²) in [5.41, 5.74) is 4.32. The van der Waals surface area contributed by atoms with E-state index in [4.69, 9.17) is 14.5 Å². The number of para-hydroxylation sites is 1. The van der Waals surface area contributed by atoms with Crippen LogP contribution in [-0.4, -0.2) is 40.6 Å². The molecule has 40 heavy (non-hydrogen) atoms. The number of amidine groups is 1. The van der Waals surface area contributed by atoms with Crippen molar-refractivity contribution in [1.82, 2.24) is 15.2 Å². The molecule has 0 saturated carbocycles. The zero-order chi connectivity index (χ0) is 27.9. The summed E-state index contributed by atoms with van der Waals surface area (Å²) in [6, 6.07) is 22.3. The lowest BCUT2D eigenvalue weighted by Crippen LogP contribution is -2.38. The molecule has 1 N–H and O–H groups in total. The number of pyridine rings is 1. The number of carbonyl (C=O) groups is 2. The average Bonchev–Trinajstić information content (AvgIpc) is 3.37. The van der Waals surface area contributed by atoms with Gasteiger partial charge in [-0.05, 0) is 36.1 Å². The van der Waals surface area contributed by atoms with Crippen LogP contribution in [-0.2, 0) is 27.4 Å². The van der Waals surface area contributed by atoms with Gasteiger partial charge in [0.25, 0.3) is 0 Å². The number of carbonyl (C=O) groups excluding carboxylic acids is 2. The van der Waals surface area contributed by atoms with Gasteiger partial charge in [-0.3, -0.25) is 9.78 Å². The first kappa shape index (κ1) is 27.2. The van der Waals surface area contributed by atoms with E-state index in [1.807, 2.05) is 90.0 Å². The van der Waals surface area contributed by atoms with E-state index < -0.39 is 12.0 Å². The third-order valence-corrected chi connectivity index (χ3v) is 7.53. The summed E-state index contributed by atoms with van der Waals surface area (Å²) < 4.78 is 11.5. The number of hydrogen-bond acceptors (Lipinski definition) is 8. The Morgan fingerprint density at radius 2 is 1.80 bits per heavy atom. The Hall–Kier alpha value is -4.37. The van der Waals surface area contributed by atoms with Crippen molar-refractivity contribution in [3.8, 4) is 5.75 Å². The monoisotopic (exact) mass is 554 g/mol. The van der Waals surface area contributed by atoms with Gasteiger partial charge in [0, 0.05) is 36.1 Å². The van der Waals surface area contributed by atoms with Gasteiger partial charge in [-0.15, -0.1) is 0 Å². The number of fused-ring (bicyclic) bond motifs is 1. The first-order valence-electron chi connectivity index (χ1n) is 13.0. The minimum atomic E-state index is -0.575. The number of aliphatic imine (C=N–C) groups is 1. The van der Waals surface area contributed by atoms with Crippen LogP contribution in [0.15, 0.2) is 106 Å². The van der Waals surface area contributed by atoms with Gasteiger partial charge in [0.1, 0.15) is 12.4 Å².